The SMILES string of the molecule is CCN(CC)CCCC(C)Nc1ccnc2c(=O)n(C)ccc12. The predicted octanol–water partition coefficient (Wildman–Crippen LogP) is 2.86. The summed E-state index contributed by atoms with van der Waals surface area (Å²) in [5.41, 5.74) is 1.46. The number of anilines is 1. The zero-order valence-corrected chi connectivity index (χ0v) is 14.7. The van der Waals surface area contributed by atoms with E-state index in [0.717, 1.165) is 37.1 Å². The van der Waals surface area contributed by atoms with Crippen molar-refractivity contribution in [1.29, 1.82) is 0 Å². The fraction of sp³-hybridized carbons (Fsp3) is 0.556. The Balaban J connectivity index is 2.04. The Kier molecular flexibility index (Phi) is 6.16. The molecule has 0 bridgehead atoms. The van der Waals surface area contributed by atoms with Crippen LogP contribution >= 0.6 is 0 Å². The van der Waals surface area contributed by atoms with Crippen LogP contribution < -0.4 is 10.9 Å². The van der Waals surface area contributed by atoms with Crippen LogP contribution in [0, 0.1) is 0 Å². The zero-order chi connectivity index (χ0) is 16.8. The number of nitrogens with one attached hydrogen (secondary N) is 1. The van der Waals surface area contributed by atoms with Crippen molar-refractivity contribution in [3.8, 4) is 0 Å². The van der Waals surface area contributed by atoms with E-state index in [1.165, 1.54) is 6.42 Å². The summed E-state index contributed by atoms with van der Waals surface area (Å²) < 4.78 is 1.56. The molecule has 1 atom stereocenters. The van der Waals surface area contributed by atoms with Crippen molar-refractivity contribution in [1.82, 2.24) is 14.5 Å². The summed E-state index contributed by atoms with van der Waals surface area (Å²) >= 11 is 0. The molecule has 0 aliphatic heterocycles. The van der Waals surface area contributed by atoms with Crippen LogP contribution in [0.4, 0.5) is 5.69 Å². The van der Waals surface area contributed by atoms with Crippen LogP contribution in [0.15, 0.2) is 29.3 Å². The van der Waals surface area contributed by atoms with E-state index >= 15 is 0 Å². The molecule has 0 spiro atoms. The molecule has 5 heteroatoms. The van der Waals surface area contributed by atoms with E-state index in [9.17, 15) is 4.79 Å². The molecule has 0 fully saturated rings. The highest BCUT2D eigenvalue weighted by atomic mass is 16.1. The number of aromatic nitrogens is 2. The molecule has 2 rings (SSSR count). The first-order valence-electron chi connectivity index (χ1n) is 8.50. The third kappa shape index (κ3) is 4.32. The fourth-order valence-electron chi connectivity index (χ4n) is 2.86. The summed E-state index contributed by atoms with van der Waals surface area (Å²) in [5.74, 6) is 0. The zero-order valence-electron chi connectivity index (χ0n) is 14.7. The van der Waals surface area contributed by atoms with Gasteiger partial charge in [0.2, 0.25) is 0 Å². The van der Waals surface area contributed by atoms with Crippen LogP contribution in [0.25, 0.3) is 10.9 Å². The standard InChI is InChI=1S/C18H28N4O/c1-5-22(6-2)12-7-8-14(3)20-16-9-11-19-17-15(16)10-13-21(4)18(17)23/h9-11,13-14H,5-8,12H2,1-4H3,(H,19,20). The molecule has 0 aliphatic carbocycles. The van der Waals surface area contributed by atoms with Crippen molar-refractivity contribution in [2.75, 3.05) is 25.0 Å². The van der Waals surface area contributed by atoms with Gasteiger partial charge in [0.15, 0.2) is 0 Å². The molecule has 0 aromatic carbocycles. The van der Waals surface area contributed by atoms with E-state index in [2.05, 4.69) is 36.0 Å². The number of fused-ring (bicyclic) bond motifs is 1. The molecule has 2 heterocycles. The molecule has 0 aliphatic rings. The lowest BCUT2D eigenvalue weighted by Gasteiger charge is -2.20. The molecule has 0 saturated heterocycles. The van der Waals surface area contributed by atoms with Crippen molar-refractivity contribution in [3.05, 3.63) is 34.9 Å². The maximum absolute atomic E-state index is 12.1. The highest BCUT2D eigenvalue weighted by molar-refractivity contribution is 5.90. The van der Waals surface area contributed by atoms with Gasteiger partial charge in [0.1, 0.15) is 5.52 Å². The van der Waals surface area contributed by atoms with E-state index in [-0.39, 0.29) is 5.56 Å². The van der Waals surface area contributed by atoms with Crippen LogP contribution in [0.3, 0.4) is 0 Å². The summed E-state index contributed by atoms with van der Waals surface area (Å²) in [7, 11) is 1.75. The van der Waals surface area contributed by atoms with Crippen LogP contribution in [0.5, 0.6) is 0 Å². The molecule has 2 aromatic heterocycles. The highest BCUT2D eigenvalue weighted by Gasteiger charge is 2.09. The van der Waals surface area contributed by atoms with Gasteiger partial charge >= 0.3 is 0 Å². The lowest BCUT2D eigenvalue weighted by molar-refractivity contribution is 0.295. The average Bonchev–Trinajstić information content (AvgIpc) is 2.55. The van der Waals surface area contributed by atoms with Crippen molar-refractivity contribution in [3.63, 3.8) is 0 Å². The Morgan fingerprint density at radius 2 is 2.04 bits per heavy atom. The van der Waals surface area contributed by atoms with Crippen molar-refractivity contribution in [2.24, 2.45) is 7.05 Å². The van der Waals surface area contributed by atoms with Gasteiger partial charge in [-0.1, -0.05) is 13.8 Å². The first-order valence-corrected chi connectivity index (χ1v) is 8.50. The van der Waals surface area contributed by atoms with Gasteiger partial charge in [0, 0.05) is 36.6 Å². The van der Waals surface area contributed by atoms with E-state index in [1.807, 2.05) is 12.1 Å². The van der Waals surface area contributed by atoms with Crippen LogP contribution in [-0.2, 0) is 7.05 Å². The molecule has 126 valence electrons. The van der Waals surface area contributed by atoms with Crippen LogP contribution in [-0.4, -0.2) is 40.1 Å². The predicted molar refractivity (Wildman–Crippen MR) is 97.1 cm³/mol. The molecular weight excluding hydrogens is 288 g/mol. The number of hydrogen-bond acceptors (Lipinski definition) is 4. The van der Waals surface area contributed by atoms with Gasteiger partial charge in [-0.05, 0) is 51.5 Å². The normalized spacial score (nSPS) is 12.7. The molecule has 0 saturated carbocycles. The Bertz CT molecular complexity index is 691. The molecular formula is C18H28N4O. The van der Waals surface area contributed by atoms with Gasteiger partial charge in [-0.2, -0.15) is 0 Å². The molecule has 5 nitrogen and oxygen atoms in total. The number of aryl methyl sites for hydroxylation is 1. The van der Waals surface area contributed by atoms with Crippen molar-refractivity contribution >= 4 is 16.6 Å². The van der Waals surface area contributed by atoms with Crippen molar-refractivity contribution < 1.29 is 0 Å². The third-order valence-electron chi connectivity index (χ3n) is 4.39. The fourth-order valence-corrected chi connectivity index (χ4v) is 2.86. The van der Waals surface area contributed by atoms with Gasteiger partial charge < -0.3 is 14.8 Å². The summed E-state index contributed by atoms with van der Waals surface area (Å²) in [6.07, 6.45) is 5.77. The van der Waals surface area contributed by atoms with Gasteiger partial charge in [-0.25, -0.2) is 0 Å². The smallest absolute Gasteiger partial charge is 0.276 e. The molecule has 1 N–H and O–H groups in total. The molecule has 2 aromatic rings. The van der Waals surface area contributed by atoms with E-state index in [1.54, 1.807) is 24.0 Å². The minimum Gasteiger partial charge on any atom is -0.382 e. The number of rotatable bonds is 8. The largest absolute Gasteiger partial charge is 0.382 e. The summed E-state index contributed by atoms with van der Waals surface area (Å²) in [6.45, 7) is 9.95. The summed E-state index contributed by atoms with van der Waals surface area (Å²) in [5, 5.41) is 4.43. The second kappa shape index (κ2) is 8.11. The first kappa shape index (κ1) is 17.5. The lowest BCUT2D eigenvalue weighted by atomic mass is 10.1. The Morgan fingerprint density at radius 1 is 1.30 bits per heavy atom. The van der Waals surface area contributed by atoms with E-state index < -0.39 is 0 Å². The average molecular weight is 316 g/mol. The monoisotopic (exact) mass is 316 g/mol. The Hall–Kier alpha value is -1.88. The minimum atomic E-state index is -0.0552. The Morgan fingerprint density at radius 3 is 2.74 bits per heavy atom. The van der Waals surface area contributed by atoms with Gasteiger partial charge in [-0.15, -0.1) is 0 Å². The van der Waals surface area contributed by atoms with E-state index in [4.69, 9.17) is 0 Å². The number of nitrogens with zero attached hydrogens (tertiary/aromatic N) is 3. The van der Waals surface area contributed by atoms with Gasteiger partial charge in [0.05, 0.1) is 0 Å². The number of pyridine rings is 2. The highest BCUT2D eigenvalue weighted by Crippen LogP contribution is 2.20. The maximum atomic E-state index is 12.1. The quantitative estimate of drug-likeness (QED) is 0.813. The second-order valence-corrected chi connectivity index (χ2v) is 6.07. The maximum Gasteiger partial charge on any atom is 0.276 e. The van der Waals surface area contributed by atoms with E-state index in [0.29, 0.717) is 11.6 Å². The molecule has 1 unspecified atom stereocenters. The van der Waals surface area contributed by atoms with Gasteiger partial charge in [-0.3, -0.25) is 9.78 Å². The lowest BCUT2D eigenvalue weighted by Crippen LogP contribution is -2.25. The Labute approximate surface area is 138 Å². The van der Waals surface area contributed by atoms with Crippen molar-refractivity contribution in [2.45, 2.75) is 39.7 Å². The van der Waals surface area contributed by atoms with Crippen LogP contribution in [0.1, 0.15) is 33.6 Å². The molecule has 23 heavy (non-hydrogen) atoms. The second-order valence-electron chi connectivity index (χ2n) is 6.07. The third-order valence-corrected chi connectivity index (χ3v) is 4.39. The summed E-state index contributed by atoms with van der Waals surface area (Å²) in [6, 6.07) is 4.26. The molecule has 0 amide bonds. The summed E-state index contributed by atoms with van der Waals surface area (Å²) in [4.78, 5) is 18.8. The topological polar surface area (TPSA) is 50.2 Å². The number of hydrogen-bond donors (Lipinski definition) is 1. The first-order chi connectivity index (χ1) is 11.1. The minimum absolute atomic E-state index is 0.0552. The molecule has 0 radical (unpaired) electrons. The van der Waals surface area contributed by atoms with Gasteiger partial charge in [0.25, 0.3) is 5.56 Å². The van der Waals surface area contributed by atoms with Crippen LogP contribution in [0.2, 0.25) is 0 Å².